The third kappa shape index (κ3) is 4.84. The minimum Gasteiger partial charge on any atom is -0.326 e. The minimum absolute atomic E-state index is 0.00381. The third-order valence-corrected chi connectivity index (χ3v) is 3.73. The van der Waals surface area contributed by atoms with E-state index in [-0.39, 0.29) is 22.9 Å². The second-order valence-corrected chi connectivity index (χ2v) is 6.17. The highest BCUT2D eigenvalue weighted by Crippen LogP contribution is 2.36. The summed E-state index contributed by atoms with van der Waals surface area (Å²) < 4.78 is 39.9. The van der Waals surface area contributed by atoms with Gasteiger partial charge in [-0.1, -0.05) is 26.0 Å². The zero-order chi connectivity index (χ0) is 19.5. The number of nitrogens with one attached hydrogen (secondary N) is 2. The van der Waals surface area contributed by atoms with Crippen molar-refractivity contribution in [3.63, 3.8) is 0 Å². The highest BCUT2D eigenvalue weighted by atomic mass is 19.4. The summed E-state index contributed by atoms with van der Waals surface area (Å²) >= 11 is 0. The normalized spacial score (nSPS) is 11.3. The van der Waals surface area contributed by atoms with Gasteiger partial charge in [-0.25, -0.2) is 0 Å². The fourth-order valence-corrected chi connectivity index (χ4v) is 2.38. The fraction of sp³-hybridized carbons (Fsp3) is 0.263. The number of anilines is 2. The van der Waals surface area contributed by atoms with Crippen molar-refractivity contribution in [2.75, 3.05) is 10.6 Å². The Morgan fingerprint density at radius 1 is 0.962 bits per heavy atom. The number of carbonyl (C=O) groups is 2. The van der Waals surface area contributed by atoms with E-state index in [9.17, 15) is 22.8 Å². The highest BCUT2D eigenvalue weighted by Gasteiger charge is 2.34. The molecular weight excluding hydrogens is 345 g/mol. The third-order valence-electron chi connectivity index (χ3n) is 3.73. The van der Waals surface area contributed by atoms with Crippen LogP contribution in [0.15, 0.2) is 42.5 Å². The molecule has 0 bridgehead atoms. The van der Waals surface area contributed by atoms with E-state index in [1.54, 1.807) is 24.3 Å². The topological polar surface area (TPSA) is 58.2 Å². The van der Waals surface area contributed by atoms with Crippen LogP contribution in [0.3, 0.4) is 0 Å². The molecule has 0 fully saturated rings. The number of hydrogen-bond acceptors (Lipinski definition) is 2. The van der Waals surface area contributed by atoms with Crippen LogP contribution in [0.2, 0.25) is 0 Å². The van der Waals surface area contributed by atoms with Crippen LogP contribution in [0.25, 0.3) is 0 Å². The van der Waals surface area contributed by atoms with Gasteiger partial charge in [0.15, 0.2) is 0 Å². The lowest BCUT2D eigenvalue weighted by molar-refractivity contribution is -0.137. The van der Waals surface area contributed by atoms with E-state index < -0.39 is 23.6 Å². The molecule has 0 spiro atoms. The van der Waals surface area contributed by atoms with Crippen molar-refractivity contribution < 1.29 is 22.8 Å². The van der Waals surface area contributed by atoms with Gasteiger partial charge in [0.2, 0.25) is 5.91 Å². The monoisotopic (exact) mass is 364 g/mol. The van der Waals surface area contributed by atoms with E-state index in [4.69, 9.17) is 0 Å². The van der Waals surface area contributed by atoms with Crippen LogP contribution in [0.1, 0.15) is 48.2 Å². The van der Waals surface area contributed by atoms with E-state index >= 15 is 0 Å². The Morgan fingerprint density at radius 3 is 2.08 bits per heavy atom. The molecule has 7 heteroatoms. The molecule has 0 radical (unpaired) electrons. The molecule has 0 unspecified atom stereocenters. The zero-order valence-corrected chi connectivity index (χ0v) is 14.6. The second-order valence-electron chi connectivity index (χ2n) is 6.17. The SMILES string of the molecule is CC(=O)Nc1ccc(NC(=O)c2ccc(C(C)C)cc2)c(C(F)(F)F)c1. The van der Waals surface area contributed by atoms with E-state index in [0.29, 0.717) is 0 Å². The first-order valence-electron chi connectivity index (χ1n) is 7.98. The zero-order valence-electron chi connectivity index (χ0n) is 14.6. The molecule has 4 nitrogen and oxygen atoms in total. The molecule has 2 amide bonds. The molecule has 26 heavy (non-hydrogen) atoms. The maximum absolute atomic E-state index is 13.3. The first-order valence-corrected chi connectivity index (χ1v) is 7.98. The Morgan fingerprint density at radius 2 is 1.58 bits per heavy atom. The lowest BCUT2D eigenvalue weighted by Crippen LogP contribution is -2.17. The van der Waals surface area contributed by atoms with Gasteiger partial charge in [-0.2, -0.15) is 13.2 Å². The molecule has 2 N–H and O–H groups in total. The van der Waals surface area contributed by atoms with Gasteiger partial charge in [-0.3, -0.25) is 9.59 Å². The summed E-state index contributed by atoms with van der Waals surface area (Å²) in [4.78, 5) is 23.3. The van der Waals surface area contributed by atoms with Gasteiger partial charge in [-0.15, -0.1) is 0 Å². The number of benzene rings is 2. The van der Waals surface area contributed by atoms with Crippen molar-refractivity contribution in [2.45, 2.75) is 32.9 Å². The van der Waals surface area contributed by atoms with Crippen molar-refractivity contribution in [1.82, 2.24) is 0 Å². The fourth-order valence-electron chi connectivity index (χ4n) is 2.38. The van der Waals surface area contributed by atoms with Gasteiger partial charge in [0.1, 0.15) is 0 Å². The van der Waals surface area contributed by atoms with Crippen LogP contribution in [0.5, 0.6) is 0 Å². The molecular formula is C19H19F3N2O2. The van der Waals surface area contributed by atoms with Crippen molar-refractivity contribution in [2.24, 2.45) is 0 Å². The number of halogens is 3. The number of carbonyl (C=O) groups excluding carboxylic acids is 2. The Kier molecular flexibility index (Phi) is 5.69. The summed E-state index contributed by atoms with van der Waals surface area (Å²) in [5.74, 6) is -0.844. The van der Waals surface area contributed by atoms with Gasteiger partial charge in [0.25, 0.3) is 5.91 Å². The van der Waals surface area contributed by atoms with E-state index in [2.05, 4.69) is 10.6 Å². The number of alkyl halides is 3. The van der Waals surface area contributed by atoms with Crippen LogP contribution < -0.4 is 10.6 Å². The smallest absolute Gasteiger partial charge is 0.326 e. The molecule has 0 aliphatic heterocycles. The Hall–Kier alpha value is -2.83. The maximum atomic E-state index is 13.3. The van der Waals surface area contributed by atoms with Gasteiger partial charge in [-0.05, 0) is 41.8 Å². The van der Waals surface area contributed by atoms with Gasteiger partial charge in [0.05, 0.1) is 11.3 Å². The molecule has 138 valence electrons. The first-order chi connectivity index (χ1) is 12.1. The molecule has 0 heterocycles. The standard InChI is InChI=1S/C19H19F3N2O2/c1-11(2)13-4-6-14(7-5-13)18(26)24-17-9-8-15(23-12(3)25)10-16(17)19(20,21)22/h4-11H,1-3H3,(H,23,25)(H,24,26). The van der Waals surface area contributed by atoms with Crippen LogP contribution >= 0.6 is 0 Å². The van der Waals surface area contributed by atoms with Crippen molar-refractivity contribution in [3.05, 3.63) is 59.2 Å². The molecule has 2 aromatic rings. The molecule has 0 aliphatic carbocycles. The van der Waals surface area contributed by atoms with Gasteiger partial charge >= 0.3 is 6.18 Å². The largest absolute Gasteiger partial charge is 0.418 e. The van der Waals surface area contributed by atoms with Crippen molar-refractivity contribution >= 4 is 23.2 Å². The predicted molar refractivity (Wildman–Crippen MR) is 94.2 cm³/mol. The summed E-state index contributed by atoms with van der Waals surface area (Å²) in [6.07, 6.45) is -4.68. The summed E-state index contributed by atoms with van der Waals surface area (Å²) in [5, 5.41) is 4.59. The first kappa shape index (κ1) is 19.5. The lowest BCUT2D eigenvalue weighted by Gasteiger charge is -2.16. The van der Waals surface area contributed by atoms with Gasteiger partial charge in [0, 0.05) is 18.2 Å². The predicted octanol–water partition coefficient (Wildman–Crippen LogP) is 5.04. The van der Waals surface area contributed by atoms with Crippen LogP contribution in [-0.4, -0.2) is 11.8 Å². The number of amides is 2. The highest BCUT2D eigenvalue weighted by molar-refractivity contribution is 6.05. The van der Waals surface area contributed by atoms with Crippen LogP contribution in [-0.2, 0) is 11.0 Å². The summed E-state index contributed by atoms with van der Waals surface area (Å²) in [7, 11) is 0. The van der Waals surface area contributed by atoms with E-state index in [0.717, 1.165) is 17.7 Å². The average Bonchev–Trinajstić information content (AvgIpc) is 2.54. The molecule has 0 aromatic heterocycles. The summed E-state index contributed by atoms with van der Waals surface area (Å²) in [6, 6.07) is 9.89. The Balaban J connectivity index is 2.29. The van der Waals surface area contributed by atoms with Crippen molar-refractivity contribution in [1.29, 1.82) is 0 Å². The molecule has 0 atom stereocenters. The maximum Gasteiger partial charge on any atom is 0.418 e. The Bertz CT molecular complexity index is 813. The average molecular weight is 364 g/mol. The summed E-state index contributed by atoms with van der Waals surface area (Å²) in [5.41, 5.74) is -0.116. The van der Waals surface area contributed by atoms with Gasteiger partial charge < -0.3 is 10.6 Å². The number of rotatable bonds is 4. The molecule has 2 aromatic carbocycles. The summed E-state index contributed by atoms with van der Waals surface area (Å²) in [6.45, 7) is 5.20. The lowest BCUT2D eigenvalue weighted by atomic mass is 10.0. The molecule has 0 saturated heterocycles. The van der Waals surface area contributed by atoms with E-state index in [1.807, 2.05) is 13.8 Å². The van der Waals surface area contributed by atoms with Crippen molar-refractivity contribution in [3.8, 4) is 0 Å². The Labute approximate surface area is 149 Å². The quantitative estimate of drug-likeness (QED) is 0.798. The molecule has 2 rings (SSSR count). The minimum atomic E-state index is -4.68. The molecule has 0 aliphatic rings. The molecule has 0 saturated carbocycles. The number of hydrogen-bond donors (Lipinski definition) is 2. The van der Waals surface area contributed by atoms with E-state index in [1.165, 1.54) is 13.0 Å². The van der Waals surface area contributed by atoms with Crippen LogP contribution in [0, 0.1) is 0 Å². The second kappa shape index (κ2) is 7.59. The van der Waals surface area contributed by atoms with Crippen LogP contribution in [0.4, 0.5) is 24.5 Å².